The van der Waals surface area contributed by atoms with Crippen molar-refractivity contribution in [2.45, 2.75) is 57.3 Å². The molecule has 2 bridgehead atoms. The molecule has 2 saturated heterocycles. The molecule has 2 aliphatic heterocycles. The summed E-state index contributed by atoms with van der Waals surface area (Å²) >= 11 is 5.92. The van der Waals surface area contributed by atoms with E-state index in [9.17, 15) is 5.11 Å². The molecule has 0 amide bonds. The third kappa shape index (κ3) is 3.48. The van der Waals surface area contributed by atoms with Crippen LogP contribution in [0.5, 0.6) is 0 Å². The lowest BCUT2D eigenvalue weighted by Crippen LogP contribution is -2.43. The molecule has 22 heavy (non-hydrogen) atoms. The van der Waals surface area contributed by atoms with Crippen molar-refractivity contribution in [2.24, 2.45) is 0 Å². The number of rotatable bonds is 4. The third-order valence-corrected chi connectivity index (χ3v) is 5.46. The number of nitrogens with zero attached hydrogens (tertiary/aromatic N) is 2. The third-order valence-electron chi connectivity index (χ3n) is 5.21. The van der Waals surface area contributed by atoms with Crippen LogP contribution >= 0.6 is 11.6 Å². The molecule has 3 atom stereocenters. The van der Waals surface area contributed by atoms with Gasteiger partial charge in [-0.1, -0.05) is 23.7 Å². The predicted octanol–water partition coefficient (Wildman–Crippen LogP) is 3.32. The van der Waals surface area contributed by atoms with E-state index in [1.807, 2.05) is 24.3 Å². The van der Waals surface area contributed by atoms with Crippen LogP contribution in [0.3, 0.4) is 0 Å². The Morgan fingerprint density at radius 2 is 1.82 bits per heavy atom. The van der Waals surface area contributed by atoms with Crippen molar-refractivity contribution in [3.05, 3.63) is 34.9 Å². The molecule has 0 radical (unpaired) electrons. The number of benzene rings is 1. The fraction of sp³-hybridized carbons (Fsp3) is 0.667. The van der Waals surface area contributed by atoms with Crippen LogP contribution in [-0.2, 0) is 0 Å². The molecule has 1 N–H and O–H groups in total. The number of hydrogen-bond donors (Lipinski definition) is 1. The summed E-state index contributed by atoms with van der Waals surface area (Å²) in [6.45, 7) is 7.51. The van der Waals surface area contributed by atoms with Gasteiger partial charge in [0.2, 0.25) is 0 Å². The van der Waals surface area contributed by atoms with Gasteiger partial charge in [0.25, 0.3) is 0 Å². The average molecular weight is 323 g/mol. The van der Waals surface area contributed by atoms with Gasteiger partial charge in [-0.3, -0.25) is 9.80 Å². The molecule has 2 fully saturated rings. The molecule has 1 aromatic rings. The number of hydrogen-bond acceptors (Lipinski definition) is 3. The second-order valence-corrected chi connectivity index (χ2v) is 7.48. The van der Waals surface area contributed by atoms with Gasteiger partial charge in [0, 0.05) is 36.2 Å². The minimum Gasteiger partial charge on any atom is -0.387 e. The fourth-order valence-corrected chi connectivity index (χ4v) is 4.35. The van der Waals surface area contributed by atoms with Gasteiger partial charge in [-0.25, -0.2) is 0 Å². The van der Waals surface area contributed by atoms with E-state index in [0.29, 0.717) is 12.1 Å². The molecular weight excluding hydrogens is 296 g/mol. The van der Waals surface area contributed by atoms with E-state index in [0.717, 1.165) is 36.3 Å². The maximum Gasteiger partial charge on any atom is 0.0916 e. The van der Waals surface area contributed by atoms with Crippen molar-refractivity contribution in [1.82, 2.24) is 9.80 Å². The zero-order valence-electron chi connectivity index (χ0n) is 13.6. The zero-order valence-corrected chi connectivity index (χ0v) is 14.3. The Morgan fingerprint density at radius 3 is 2.50 bits per heavy atom. The van der Waals surface area contributed by atoms with Crippen LogP contribution in [0.2, 0.25) is 5.02 Å². The van der Waals surface area contributed by atoms with Gasteiger partial charge in [-0.05, 0) is 57.4 Å². The lowest BCUT2D eigenvalue weighted by atomic mass is 10.1. The van der Waals surface area contributed by atoms with Crippen LogP contribution in [0.4, 0.5) is 0 Å². The predicted molar refractivity (Wildman–Crippen MR) is 91.3 cm³/mol. The highest BCUT2D eigenvalue weighted by Gasteiger charge is 2.38. The monoisotopic (exact) mass is 322 g/mol. The van der Waals surface area contributed by atoms with Gasteiger partial charge in [0.15, 0.2) is 0 Å². The van der Waals surface area contributed by atoms with Crippen LogP contribution in [-0.4, -0.2) is 52.7 Å². The summed E-state index contributed by atoms with van der Waals surface area (Å²) in [7, 11) is 0. The Balaban J connectivity index is 1.63. The highest BCUT2D eigenvalue weighted by Crippen LogP contribution is 2.32. The number of fused-ring (bicyclic) bond motifs is 2. The van der Waals surface area contributed by atoms with Crippen LogP contribution in [0.1, 0.15) is 44.8 Å². The molecule has 2 heterocycles. The standard InChI is InChI=1S/C18H27ClN2O/c1-13(2)21-16-7-8-17(21)11-20(10-9-16)12-18(22)14-3-5-15(19)6-4-14/h3-6,13,16-18,22H,7-12H2,1-2H3. The Bertz CT molecular complexity index is 490. The minimum absolute atomic E-state index is 0.429. The van der Waals surface area contributed by atoms with E-state index in [-0.39, 0.29) is 0 Å². The van der Waals surface area contributed by atoms with E-state index in [4.69, 9.17) is 11.6 Å². The molecule has 4 heteroatoms. The van der Waals surface area contributed by atoms with E-state index in [2.05, 4.69) is 23.6 Å². The summed E-state index contributed by atoms with van der Waals surface area (Å²) in [6, 6.07) is 9.58. The Labute approximate surface area is 138 Å². The quantitative estimate of drug-likeness (QED) is 0.921. The topological polar surface area (TPSA) is 26.7 Å². The summed E-state index contributed by atoms with van der Waals surface area (Å²) in [5.41, 5.74) is 0.958. The van der Waals surface area contributed by atoms with E-state index in [1.165, 1.54) is 19.3 Å². The molecule has 3 unspecified atom stereocenters. The molecule has 122 valence electrons. The average Bonchev–Trinajstić information content (AvgIpc) is 2.78. The van der Waals surface area contributed by atoms with Gasteiger partial charge in [0.05, 0.1) is 6.10 Å². The SMILES string of the molecule is CC(C)N1C2CCC1CN(CC(O)c1ccc(Cl)cc1)CC2. The molecule has 0 aromatic heterocycles. The first kappa shape index (κ1) is 16.3. The minimum atomic E-state index is -0.429. The lowest BCUT2D eigenvalue weighted by molar-refractivity contribution is 0.100. The number of aliphatic hydroxyl groups is 1. The van der Waals surface area contributed by atoms with Crippen molar-refractivity contribution < 1.29 is 5.11 Å². The lowest BCUT2D eigenvalue weighted by Gasteiger charge is -2.32. The summed E-state index contributed by atoms with van der Waals surface area (Å²) in [6.07, 6.45) is 3.44. The zero-order chi connectivity index (χ0) is 15.7. The Kier molecular flexibility index (Phi) is 5.08. The first-order chi connectivity index (χ1) is 10.5. The number of likely N-dealkylation sites (tertiary alicyclic amines) is 1. The normalized spacial score (nSPS) is 28.0. The van der Waals surface area contributed by atoms with Gasteiger partial charge in [0.1, 0.15) is 0 Å². The van der Waals surface area contributed by atoms with Gasteiger partial charge >= 0.3 is 0 Å². The number of halogens is 1. The van der Waals surface area contributed by atoms with Crippen molar-refractivity contribution in [3.63, 3.8) is 0 Å². The van der Waals surface area contributed by atoms with E-state index < -0.39 is 6.10 Å². The molecule has 0 spiro atoms. The van der Waals surface area contributed by atoms with Crippen LogP contribution < -0.4 is 0 Å². The second-order valence-electron chi connectivity index (χ2n) is 7.04. The second kappa shape index (κ2) is 6.88. The van der Waals surface area contributed by atoms with Crippen molar-refractivity contribution in [3.8, 4) is 0 Å². The van der Waals surface area contributed by atoms with Crippen LogP contribution in [0, 0.1) is 0 Å². The summed E-state index contributed by atoms with van der Waals surface area (Å²) in [5.74, 6) is 0. The van der Waals surface area contributed by atoms with Crippen molar-refractivity contribution in [2.75, 3.05) is 19.6 Å². The van der Waals surface area contributed by atoms with Crippen molar-refractivity contribution >= 4 is 11.6 Å². The van der Waals surface area contributed by atoms with Gasteiger partial charge < -0.3 is 5.11 Å². The molecule has 3 rings (SSSR count). The van der Waals surface area contributed by atoms with Crippen molar-refractivity contribution in [1.29, 1.82) is 0 Å². The number of aliphatic hydroxyl groups excluding tert-OH is 1. The largest absolute Gasteiger partial charge is 0.387 e. The summed E-state index contributed by atoms with van der Waals surface area (Å²) in [4.78, 5) is 5.15. The maximum absolute atomic E-state index is 10.5. The van der Waals surface area contributed by atoms with Crippen LogP contribution in [0.15, 0.2) is 24.3 Å². The highest BCUT2D eigenvalue weighted by atomic mass is 35.5. The fourth-order valence-electron chi connectivity index (χ4n) is 4.22. The highest BCUT2D eigenvalue weighted by molar-refractivity contribution is 6.30. The molecule has 3 nitrogen and oxygen atoms in total. The van der Waals surface area contributed by atoms with Gasteiger partial charge in [-0.15, -0.1) is 0 Å². The number of β-amino-alcohol motifs (C(OH)–C–C–N with tert-alkyl or cyclic N) is 1. The molecule has 0 aliphatic carbocycles. The molecular formula is C18H27ClN2O. The maximum atomic E-state index is 10.5. The van der Waals surface area contributed by atoms with Crippen LogP contribution in [0.25, 0.3) is 0 Å². The van der Waals surface area contributed by atoms with E-state index in [1.54, 1.807) is 0 Å². The summed E-state index contributed by atoms with van der Waals surface area (Å²) < 4.78 is 0. The summed E-state index contributed by atoms with van der Waals surface area (Å²) in [5, 5.41) is 11.2. The smallest absolute Gasteiger partial charge is 0.0916 e. The Morgan fingerprint density at radius 1 is 1.14 bits per heavy atom. The first-order valence-corrected chi connectivity index (χ1v) is 8.85. The first-order valence-electron chi connectivity index (χ1n) is 8.48. The molecule has 2 aliphatic rings. The Hall–Kier alpha value is -0.610. The molecule has 0 saturated carbocycles. The van der Waals surface area contributed by atoms with Gasteiger partial charge in [-0.2, -0.15) is 0 Å². The van der Waals surface area contributed by atoms with E-state index >= 15 is 0 Å². The molecule has 1 aromatic carbocycles.